The summed E-state index contributed by atoms with van der Waals surface area (Å²) < 4.78 is 15.6. The number of aromatic nitrogens is 1. The predicted octanol–water partition coefficient (Wildman–Crippen LogP) is 4.94. The largest absolute Gasteiger partial charge is 0.344 e. The van der Waals surface area contributed by atoms with Crippen LogP contribution in [0.2, 0.25) is 5.02 Å². The van der Waals surface area contributed by atoms with Gasteiger partial charge in [0.15, 0.2) is 0 Å². The molecule has 0 bridgehead atoms. The zero-order chi connectivity index (χ0) is 11.8. The molecular formula is C14H15ClFN. The first-order valence-corrected chi connectivity index (χ1v) is 6.59. The molecule has 2 aromatic rings. The van der Waals surface area contributed by atoms with E-state index in [1.165, 1.54) is 38.2 Å². The van der Waals surface area contributed by atoms with Crippen LogP contribution in [0.3, 0.4) is 0 Å². The highest BCUT2D eigenvalue weighted by atomic mass is 35.5. The molecule has 0 unspecified atom stereocenters. The van der Waals surface area contributed by atoms with E-state index in [0.717, 1.165) is 10.9 Å². The van der Waals surface area contributed by atoms with Gasteiger partial charge in [-0.25, -0.2) is 4.39 Å². The molecule has 1 aliphatic carbocycles. The van der Waals surface area contributed by atoms with Crippen molar-refractivity contribution in [2.24, 2.45) is 0 Å². The minimum Gasteiger partial charge on any atom is -0.344 e. The van der Waals surface area contributed by atoms with Gasteiger partial charge >= 0.3 is 0 Å². The maximum Gasteiger partial charge on any atom is 0.142 e. The van der Waals surface area contributed by atoms with E-state index in [9.17, 15) is 4.39 Å². The van der Waals surface area contributed by atoms with Gasteiger partial charge in [0.25, 0.3) is 0 Å². The van der Waals surface area contributed by atoms with Gasteiger partial charge in [0.1, 0.15) is 5.82 Å². The van der Waals surface area contributed by atoms with Gasteiger partial charge in [-0.05, 0) is 31.0 Å². The van der Waals surface area contributed by atoms with Crippen LogP contribution in [0, 0.1) is 5.82 Å². The maximum atomic E-state index is 13.4. The zero-order valence-electron chi connectivity index (χ0n) is 9.63. The molecule has 0 aliphatic heterocycles. The van der Waals surface area contributed by atoms with Crippen molar-refractivity contribution in [1.29, 1.82) is 0 Å². The molecule has 0 saturated heterocycles. The van der Waals surface area contributed by atoms with Crippen molar-refractivity contribution in [3.05, 3.63) is 35.2 Å². The third-order valence-corrected chi connectivity index (χ3v) is 4.02. The SMILES string of the molecule is Fc1cc2ccn(C3CCCCC3)c2cc1Cl. The second-order valence-corrected chi connectivity index (χ2v) is 5.25. The monoisotopic (exact) mass is 251 g/mol. The molecule has 0 atom stereocenters. The van der Waals surface area contributed by atoms with Crippen LogP contribution in [0.25, 0.3) is 10.9 Å². The summed E-state index contributed by atoms with van der Waals surface area (Å²) in [6.45, 7) is 0. The van der Waals surface area contributed by atoms with E-state index in [4.69, 9.17) is 11.6 Å². The summed E-state index contributed by atoms with van der Waals surface area (Å²) >= 11 is 5.87. The molecule has 3 rings (SSSR count). The number of hydrogen-bond acceptors (Lipinski definition) is 0. The van der Waals surface area contributed by atoms with E-state index in [2.05, 4.69) is 10.8 Å². The Kier molecular flexibility index (Phi) is 2.83. The highest BCUT2D eigenvalue weighted by molar-refractivity contribution is 6.31. The van der Waals surface area contributed by atoms with Crippen LogP contribution in [-0.2, 0) is 0 Å². The van der Waals surface area contributed by atoms with Gasteiger partial charge in [0.2, 0.25) is 0 Å². The summed E-state index contributed by atoms with van der Waals surface area (Å²) in [5.41, 5.74) is 1.06. The summed E-state index contributed by atoms with van der Waals surface area (Å²) in [7, 11) is 0. The van der Waals surface area contributed by atoms with Gasteiger partial charge < -0.3 is 4.57 Å². The Morgan fingerprint density at radius 2 is 1.94 bits per heavy atom. The number of hydrogen-bond donors (Lipinski definition) is 0. The van der Waals surface area contributed by atoms with Crippen molar-refractivity contribution in [2.45, 2.75) is 38.1 Å². The Hall–Kier alpha value is -1.02. The van der Waals surface area contributed by atoms with Crippen molar-refractivity contribution >= 4 is 22.5 Å². The smallest absolute Gasteiger partial charge is 0.142 e. The standard InChI is InChI=1S/C14H15ClFN/c15-12-9-14-10(8-13(12)16)6-7-17(14)11-4-2-1-3-5-11/h6-9,11H,1-5H2. The van der Waals surface area contributed by atoms with Crippen LogP contribution in [-0.4, -0.2) is 4.57 Å². The molecule has 0 amide bonds. The van der Waals surface area contributed by atoms with Gasteiger partial charge in [-0.1, -0.05) is 30.9 Å². The van der Waals surface area contributed by atoms with Crippen LogP contribution in [0.4, 0.5) is 4.39 Å². The Balaban J connectivity index is 2.07. The average Bonchev–Trinajstić information content (AvgIpc) is 2.74. The van der Waals surface area contributed by atoms with Crippen molar-refractivity contribution in [3.8, 4) is 0 Å². The van der Waals surface area contributed by atoms with Gasteiger partial charge in [0, 0.05) is 23.1 Å². The second-order valence-electron chi connectivity index (χ2n) is 4.84. The minimum atomic E-state index is -0.333. The Labute approximate surface area is 105 Å². The Morgan fingerprint density at radius 1 is 1.18 bits per heavy atom. The fourth-order valence-electron chi connectivity index (χ4n) is 2.83. The average molecular weight is 252 g/mol. The lowest BCUT2D eigenvalue weighted by Crippen LogP contribution is -2.11. The molecule has 1 aromatic heterocycles. The highest BCUT2D eigenvalue weighted by Crippen LogP contribution is 2.33. The Morgan fingerprint density at radius 3 is 2.71 bits per heavy atom. The number of nitrogens with zero attached hydrogens (tertiary/aromatic N) is 1. The lowest BCUT2D eigenvalue weighted by Gasteiger charge is -2.24. The van der Waals surface area contributed by atoms with Crippen LogP contribution in [0.5, 0.6) is 0 Å². The number of fused-ring (bicyclic) bond motifs is 1. The molecule has 1 aromatic carbocycles. The van der Waals surface area contributed by atoms with Crippen molar-refractivity contribution in [2.75, 3.05) is 0 Å². The first-order chi connectivity index (χ1) is 8.25. The minimum absolute atomic E-state index is 0.216. The number of benzene rings is 1. The third-order valence-electron chi connectivity index (χ3n) is 3.73. The molecule has 3 heteroatoms. The van der Waals surface area contributed by atoms with Crippen LogP contribution in [0.1, 0.15) is 38.1 Å². The molecule has 17 heavy (non-hydrogen) atoms. The van der Waals surface area contributed by atoms with Crippen LogP contribution >= 0.6 is 11.6 Å². The molecule has 0 radical (unpaired) electrons. The topological polar surface area (TPSA) is 4.93 Å². The van der Waals surface area contributed by atoms with Crippen LogP contribution < -0.4 is 0 Å². The van der Waals surface area contributed by atoms with Gasteiger partial charge in [0.05, 0.1) is 5.02 Å². The fourth-order valence-corrected chi connectivity index (χ4v) is 2.99. The molecule has 0 N–H and O–H groups in total. The third kappa shape index (κ3) is 1.95. The highest BCUT2D eigenvalue weighted by Gasteiger charge is 2.17. The second kappa shape index (κ2) is 4.34. The molecule has 1 saturated carbocycles. The van der Waals surface area contributed by atoms with Gasteiger partial charge in [-0.2, -0.15) is 0 Å². The van der Waals surface area contributed by atoms with E-state index in [-0.39, 0.29) is 10.8 Å². The normalized spacial score (nSPS) is 17.8. The quantitative estimate of drug-likeness (QED) is 0.677. The van der Waals surface area contributed by atoms with E-state index >= 15 is 0 Å². The lowest BCUT2D eigenvalue weighted by atomic mass is 9.95. The van der Waals surface area contributed by atoms with E-state index in [0.29, 0.717) is 6.04 Å². The lowest BCUT2D eigenvalue weighted by molar-refractivity contribution is 0.361. The van der Waals surface area contributed by atoms with Crippen molar-refractivity contribution in [3.63, 3.8) is 0 Å². The number of halogens is 2. The van der Waals surface area contributed by atoms with E-state index in [1.54, 1.807) is 6.07 Å². The molecule has 90 valence electrons. The molecule has 1 nitrogen and oxygen atoms in total. The maximum absolute atomic E-state index is 13.4. The molecule has 1 fully saturated rings. The summed E-state index contributed by atoms with van der Waals surface area (Å²) in [5, 5.41) is 1.16. The summed E-state index contributed by atoms with van der Waals surface area (Å²) in [6.07, 6.45) is 8.43. The summed E-state index contributed by atoms with van der Waals surface area (Å²) in [6, 6.07) is 5.81. The van der Waals surface area contributed by atoms with Crippen molar-refractivity contribution in [1.82, 2.24) is 4.57 Å². The fraction of sp³-hybridized carbons (Fsp3) is 0.429. The predicted molar refractivity (Wildman–Crippen MR) is 69.0 cm³/mol. The first-order valence-electron chi connectivity index (χ1n) is 6.21. The summed E-state index contributed by atoms with van der Waals surface area (Å²) in [5.74, 6) is -0.333. The summed E-state index contributed by atoms with van der Waals surface area (Å²) in [4.78, 5) is 0. The Bertz CT molecular complexity index is 540. The molecular weight excluding hydrogens is 237 g/mol. The molecule has 0 spiro atoms. The molecule has 1 aliphatic rings. The van der Waals surface area contributed by atoms with E-state index in [1.807, 2.05) is 6.07 Å². The number of rotatable bonds is 1. The first kappa shape index (κ1) is 11.1. The molecule has 1 heterocycles. The van der Waals surface area contributed by atoms with Gasteiger partial charge in [-0.3, -0.25) is 0 Å². The van der Waals surface area contributed by atoms with Crippen molar-refractivity contribution < 1.29 is 4.39 Å². The van der Waals surface area contributed by atoms with E-state index < -0.39 is 0 Å². The van der Waals surface area contributed by atoms with Gasteiger partial charge in [-0.15, -0.1) is 0 Å². The zero-order valence-corrected chi connectivity index (χ0v) is 10.4. The van der Waals surface area contributed by atoms with Crippen LogP contribution in [0.15, 0.2) is 24.4 Å².